The third-order valence-electron chi connectivity index (χ3n) is 3.96. The van der Waals surface area contributed by atoms with Gasteiger partial charge in [-0.2, -0.15) is 0 Å². The highest BCUT2D eigenvalue weighted by molar-refractivity contribution is 7.16. The lowest BCUT2D eigenvalue weighted by Crippen LogP contribution is -2.21. The normalized spacial score (nSPS) is 14.6. The van der Waals surface area contributed by atoms with E-state index in [4.69, 9.17) is 0 Å². The maximum absolute atomic E-state index is 12.1. The van der Waals surface area contributed by atoms with E-state index in [0.717, 1.165) is 34.7 Å². The highest BCUT2D eigenvalue weighted by Crippen LogP contribution is 2.37. The van der Waals surface area contributed by atoms with Crippen LogP contribution in [-0.4, -0.2) is 11.7 Å². The maximum atomic E-state index is 12.1. The monoisotopic (exact) mass is 279 g/mol. The van der Waals surface area contributed by atoms with E-state index in [9.17, 15) is 9.59 Å². The molecule has 1 aliphatic carbocycles. The van der Waals surface area contributed by atoms with Crippen LogP contribution in [0.25, 0.3) is 0 Å². The Morgan fingerprint density at radius 2 is 2.00 bits per heavy atom. The average Bonchev–Trinajstić information content (AvgIpc) is 2.67. The maximum Gasteiger partial charge on any atom is 0.228 e. The number of carbonyl (C=O) groups excluding carboxylic acids is 2. The predicted molar refractivity (Wildman–Crippen MR) is 78.8 cm³/mol. The number of fused-ring (bicyclic) bond motifs is 1. The van der Waals surface area contributed by atoms with Crippen molar-refractivity contribution in [2.75, 3.05) is 5.32 Å². The first-order valence-electron chi connectivity index (χ1n) is 7.00. The zero-order valence-corrected chi connectivity index (χ0v) is 12.7. The number of rotatable bonds is 4. The van der Waals surface area contributed by atoms with Crippen LogP contribution in [0, 0.1) is 12.8 Å². The number of nitrogens with one attached hydrogen (secondary N) is 1. The van der Waals surface area contributed by atoms with Crippen LogP contribution in [0.3, 0.4) is 0 Å². The topological polar surface area (TPSA) is 46.2 Å². The van der Waals surface area contributed by atoms with Gasteiger partial charge < -0.3 is 5.32 Å². The second kappa shape index (κ2) is 5.87. The van der Waals surface area contributed by atoms with E-state index in [1.807, 2.05) is 20.8 Å². The summed E-state index contributed by atoms with van der Waals surface area (Å²) in [6.07, 6.45) is 3.75. The summed E-state index contributed by atoms with van der Waals surface area (Å²) in [4.78, 5) is 24.8. The van der Waals surface area contributed by atoms with Gasteiger partial charge in [-0.05, 0) is 37.3 Å². The number of thiophene rings is 1. The number of Topliss-reactive ketones (excluding diaryl/α,β-unsaturated/α-hetero) is 1. The quantitative estimate of drug-likeness (QED) is 0.917. The summed E-state index contributed by atoms with van der Waals surface area (Å²) in [6, 6.07) is 0. The van der Waals surface area contributed by atoms with E-state index in [-0.39, 0.29) is 11.8 Å². The predicted octanol–water partition coefficient (Wildman–Crippen LogP) is 3.49. The second-order valence-corrected chi connectivity index (χ2v) is 6.28. The van der Waals surface area contributed by atoms with Gasteiger partial charge in [-0.15, -0.1) is 11.3 Å². The lowest BCUT2D eigenvalue weighted by atomic mass is 9.95. The van der Waals surface area contributed by atoms with Gasteiger partial charge in [0.25, 0.3) is 0 Å². The van der Waals surface area contributed by atoms with Crippen molar-refractivity contribution in [1.82, 2.24) is 0 Å². The van der Waals surface area contributed by atoms with E-state index in [2.05, 4.69) is 5.32 Å². The first kappa shape index (κ1) is 14.3. The van der Waals surface area contributed by atoms with Crippen molar-refractivity contribution in [1.29, 1.82) is 0 Å². The van der Waals surface area contributed by atoms with Gasteiger partial charge in [0.2, 0.25) is 5.91 Å². The van der Waals surface area contributed by atoms with Crippen molar-refractivity contribution in [3.8, 4) is 0 Å². The van der Waals surface area contributed by atoms with Crippen LogP contribution >= 0.6 is 11.3 Å². The molecule has 0 radical (unpaired) electrons. The molecule has 4 heteroatoms. The molecule has 1 aromatic heterocycles. The molecule has 104 valence electrons. The Morgan fingerprint density at radius 3 is 2.63 bits per heavy atom. The molecule has 0 saturated carbocycles. The molecule has 1 heterocycles. The van der Waals surface area contributed by atoms with Gasteiger partial charge in [-0.25, -0.2) is 0 Å². The molecule has 0 bridgehead atoms. The number of anilines is 1. The second-order valence-electron chi connectivity index (χ2n) is 5.18. The van der Waals surface area contributed by atoms with Gasteiger partial charge in [0.1, 0.15) is 5.78 Å². The third kappa shape index (κ3) is 2.89. The summed E-state index contributed by atoms with van der Waals surface area (Å²) >= 11 is 1.58. The lowest BCUT2D eigenvalue weighted by Gasteiger charge is -2.12. The summed E-state index contributed by atoms with van der Waals surface area (Å²) in [5, 5.41) is 3.99. The van der Waals surface area contributed by atoms with Crippen LogP contribution in [-0.2, 0) is 22.4 Å². The molecule has 19 heavy (non-hydrogen) atoms. The summed E-state index contributed by atoms with van der Waals surface area (Å²) < 4.78 is 0. The molecule has 1 aliphatic rings. The fraction of sp³-hybridized carbons (Fsp3) is 0.600. The van der Waals surface area contributed by atoms with Gasteiger partial charge in [0.15, 0.2) is 0 Å². The molecule has 0 spiro atoms. The highest BCUT2D eigenvalue weighted by Gasteiger charge is 2.24. The Bertz CT molecular complexity index is 500. The molecule has 0 aromatic carbocycles. The summed E-state index contributed by atoms with van der Waals surface area (Å²) in [5.41, 5.74) is 2.44. The van der Waals surface area contributed by atoms with E-state index >= 15 is 0 Å². The van der Waals surface area contributed by atoms with Crippen LogP contribution in [0.2, 0.25) is 0 Å². The minimum Gasteiger partial charge on any atom is -0.317 e. The van der Waals surface area contributed by atoms with Crippen molar-refractivity contribution in [3.63, 3.8) is 0 Å². The Labute approximate surface area is 118 Å². The summed E-state index contributed by atoms with van der Waals surface area (Å²) in [5.74, 6) is 0.504. The fourth-order valence-corrected chi connectivity index (χ4v) is 3.89. The molecule has 0 aliphatic heterocycles. The molecule has 0 atom stereocenters. The van der Waals surface area contributed by atoms with Crippen molar-refractivity contribution in [2.24, 2.45) is 5.92 Å². The Morgan fingerprint density at radius 1 is 1.32 bits per heavy atom. The zero-order chi connectivity index (χ0) is 14.0. The minimum absolute atomic E-state index is 0.0835. The number of hydrogen-bond acceptors (Lipinski definition) is 3. The van der Waals surface area contributed by atoms with E-state index in [1.165, 1.54) is 5.56 Å². The largest absolute Gasteiger partial charge is 0.317 e. The minimum atomic E-state index is 0.0835. The van der Waals surface area contributed by atoms with Crippen molar-refractivity contribution >= 4 is 28.0 Å². The van der Waals surface area contributed by atoms with Crippen LogP contribution in [0.4, 0.5) is 5.00 Å². The van der Waals surface area contributed by atoms with Crippen LogP contribution in [0.5, 0.6) is 0 Å². The lowest BCUT2D eigenvalue weighted by molar-refractivity contribution is -0.120. The highest BCUT2D eigenvalue weighted by atomic mass is 32.1. The molecular weight excluding hydrogens is 258 g/mol. The fourth-order valence-electron chi connectivity index (χ4n) is 2.60. The van der Waals surface area contributed by atoms with Gasteiger partial charge in [0, 0.05) is 23.6 Å². The molecular formula is C15H21NO2S. The van der Waals surface area contributed by atoms with E-state index < -0.39 is 0 Å². The molecule has 1 aromatic rings. The average molecular weight is 279 g/mol. The first-order valence-corrected chi connectivity index (χ1v) is 7.82. The van der Waals surface area contributed by atoms with Gasteiger partial charge in [0.05, 0.1) is 5.00 Å². The van der Waals surface area contributed by atoms with Crippen LogP contribution in [0.15, 0.2) is 0 Å². The molecule has 1 amide bonds. The zero-order valence-electron chi connectivity index (χ0n) is 11.8. The van der Waals surface area contributed by atoms with Crippen LogP contribution in [0.1, 0.15) is 49.1 Å². The number of carbonyl (C=O) groups is 2. The summed E-state index contributed by atoms with van der Waals surface area (Å²) in [7, 11) is 0. The van der Waals surface area contributed by atoms with Gasteiger partial charge in [-0.1, -0.05) is 13.8 Å². The Hall–Kier alpha value is -1.16. The number of amides is 1. The van der Waals surface area contributed by atoms with Crippen molar-refractivity contribution in [3.05, 3.63) is 16.0 Å². The van der Waals surface area contributed by atoms with Crippen molar-refractivity contribution in [2.45, 2.75) is 52.9 Å². The number of hydrogen-bond donors (Lipinski definition) is 1. The Kier molecular flexibility index (Phi) is 4.40. The van der Waals surface area contributed by atoms with E-state index in [1.54, 1.807) is 11.3 Å². The van der Waals surface area contributed by atoms with Gasteiger partial charge >= 0.3 is 0 Å². The van der Waals surface area contributed by atoms with Crippen molar-refractivity contribution < 1.29 is 9.59 Å². The molecule has 1 N–H and O–H groups in total. The molecule has 0 unspecified atom stereocenters. The SMILES string of the molecule is CCC(CC)C(=O)Nc1sc2c(c1C)CCC(=O)C2. The smallest absolute Gasteiger partial charge is 0.228 e. The summed E-state index contributed by atoms with van der Waals surface area (Å²) in [6.45, 7) is 6.13. The molecule has 0 saturated heterocycles. The first-order chi connectivity index (χ1) is 9.06. The Balaban J connectivity index is 2.18. The molecule has 2 rings (SSSR count). The molecule has 0 fully saturated rings. The number of ketones is 1. The standard InChI is InChI=1S/C15H21NO2S/c1-4-10(5-2)14(18)16-15-9(3)12-7-6-11(17)8-13(12)19-15/h10H,4-8H2,1-3H3,(H,16,18). The third-order valence-corrected chi connectivity index (χ3v) is 5.21. The van der Waals surface area contributed by atoms with E-state index in [0.29, 0.717) is 18.6 Å². The molecule has 3 nitrogen and oxygen atoms in total. The van der Waals surface area contributed by atoms with Crippen LogP contribution < -0.4 is 5.32 Å². The van der Waals surface area contributed by atoms with Gasteiger partial charge in [-0.3, -0.25) is 9.59 Å².